The van der Waals surface area contributed by atoms with Crippen molar-refractivity contribution in [3.8, 4) is 0 Å². The molecular formula is C32H52O2. The van der Waals surface area contributed by atoms with Crippen molar-refractivity contribution in [2.45, 2.75) is 126 Å². The zero-order valence-electron chi connectivity index (χ0n) is 23.7. The molecule has 10 atom stereocenters. The summed E-state index contributed by atoms with van der Waals surface area (Å²) >= 11 is 0. The van der Waals surface area contributed by atoms with Gasteiger partial charge in [0.2, 0.25) is 0 Å². The lowest BCUT2D eigenvalue weighted by molar-refractivity contribution is -0.263. The number of fused-ring (bicyclic) bond motifs is 7. The molecule has 2 heteroatoms. The number of allylic oxidation sites excluding steroid dienone is 2. The Labute approximate surface area is 210 Å². The van der Waals surface area contributed by atoms with E-state index in [1.54, 1.807) is 12.5 Å². The van der Waals surface area contributed by atoms with Gasteiger partial charge < -0.3 is 4.74 Å². The van der Waals surface area contributed by atoms with E-state index in [-0.39, 0.29) is 22.9 Å². The van der Waals surface area contributed by atoms with Gasteiger partial charge in [-0.2, -0.15) is 0 Å². The fourth-order valence-corrected chi connectivity index (χ4v) is 11.7. The van der Waals surface area contributed by atoms with E-state index in [0.29, 0.717) is 28.1 Å². The summed E-state index contributed by atoms with van der Waals surface area (Å²) in [6, 6.07) is 0. The molecule has 4 saturated carbocycles. The summed E-state index contributed by atoms with van der Waals surface area (Å²) < 4.78 is 6.28. The molecule has 0 unspecified atom stereocenters. The zero-order chi connectivity index (χ0) is 24.9. The van der Waals surface area contributed by atoms with Gasteiger partial charge in [-0.05, 0) is 110 Å². The highest BCUT2D eigenvalue weighted by molar-refractivity contribution is 5.66. The first-order chi connectivity index (χ1) is 15.7. The number of rotatable bonds is 1. The molecule has 192 valence electrons. The summed E-state index contributed by atoms with van der Waals surface area (Å²) in [5.74, 6) is 3.45. The van der Waals surface area contributed by atoms with Crippen molar-refractivity contribution >= 4 is 5.97 Å². The molecule has 5 aliphatic carbocycles. The van der Waals surface area contributed by atoms with Gasteiger partial charge in [0.05, 0.1) is 0 Å². The smallest absolute Gasteiger partial charge is 0.302 e. The molecule has 0 heterocycles. The minimum absolute atomic E-state index is 0.0342. The van der Waals surface area contributed by atoms with Gasteiger partial charge in [-0.1, -0.05) is 66.5 Å². The van der Waals surface area contributed by atoms with Gasteiger partial charge in [0.1, 0.15) is 6.10 Å². The molecule has 5 aliphatic rings. The van der Waals surface area contributed by atoms with Crippen LogP contribution in [0.15, 0.2) is 11.6 Å². The molecule has 0 aromatic rings. The third kappa shape index (κ3) is 3.08. The van der Waals surface area contributed by atoms with Crippen LogP contribution in [0.25, 0.3) is 0 Å². The second-order valence-corrected chi connectivity index (χ2v) is 15.3. The summed E-state index contributed by atoms with van der Waals surface area (Å²) in [6.07, 6.45) is 14.3. The number of ether oxygens (including phenoxy) is 1. The average molecular weight is 469 g/mol. The predicted molar refractivity (Wildman–Crippen MR) is 140 cm³/mol. The van der Waals surface area contributed by atoms with Crippen LogP contribution in [0.5, 0.6) is 0 Å². The van der Waals surface area contributed by atoms with E-state index in [2.05, 4.69) is 61.5 Å². The molecule has 0 aliphatic heterocycles. The molecule has 4 fully saturated rings. The summed E-state index contributed by atoms with van der Waals surface area (Å²) in [6.45, 7) is 22.1. The van der Waals surface area contributed by atoms with Gasteiger partial charge in [0, 0.05) is 12.3 Å². The van der Waals surface area contributed by atoms with Gasteiger partial charge >= 0.3 is 5.97 Å². The first-order valence-corrected chi connectivity index (χ1v) is 14.5. The van der Waals surface area contributed by atoms with E-state index >= 15 is 0 Å². The summed E-state index contributed by atoms with van der Waals surface area (Å²) in [4.78, 5) is 12.4. The lowest BCUT2D eigenvalue weighted by Gasteiger charge is -2.74. The number of carbonyl (C=O) groups is 1. The van der Waals surface area contributed by atoms with Gasteiger partial charge in [-0.3, -0.25) is 4.79 Å². The summed E-state index contributed by atoms with van der Waals surface area (Å²) in [5.41, 5.74) is 3.09. The molecule has 5 rings (SSSR count). The van der Waals surface area contributed by atoms with Crippen LogP contribution in [0, 0.1) is 56.7 Å². The van der Waals surface area contributed by atoms with Crippen molar-refractivity contribution in [3.05, 3.63) is 11.6 Å². The predicted octanol–water partition coefficient (Wildman–Crippen LogP) is 8.60. The molecular weight excluding hydrogens is 416 g/mol. The molecule has 0 bridgehead atoms. The minimum atomic E-state index is -0.0897. The van der Waals surface area contributed by atoms with Crippen LogP contribution in [0.4, 0.5) is 0 Å². The Hall–Kier alpha value is -0.790. The largest absolute Gasteiger partial charge is 0.462 e. The van der Waals surface area contributed by atoms with Crippen LogP contribution in [0.3, 0.4) is 0 Å². The maximum Gasteiger partial charge on any atom is 0.302 e. The molecule has 0 N–H and O–H groups in total. The highest BCUT2D eigenvalue weighted by Gasteiger charge is 2.71. The lowest BCUT2D eigenvalue weighted by Crippen LogP contribution is -2.68. The van der Waals surface area contributed by atoms with E-state index in [4.69, 9.17) is 4.74 Å². The van der Waals surface area contributed by atoms with E-state index in [9.17, 15) is 4.79 Å². The normalized spacial score (nSPS) is 54.0. The van der Waals surface area contributed by atoms with Crippen molar-refractivity contribution in [1.82, 2.24) is 0 Å². The molecule has 0 spiro atoms. The Morgan fingerprint density at radius 3 is 2.29 bits per heavy atom. The topological polar surface area (TPSA) is 26.3 Å². The molecule has 0 aromatic heterocycles. The Balaban J connectivity index is 1.60. The zero-order valence-corrected chi connectivity index (χ0v) is 23.7. The third-order valence-electron chi connectivity index (χ3n) is 13.7. The lowest BCUT2D eigenvalue weighted by atomic mass is 9.31. The van der Waals surface area contributed by atoms with E-state index < -0.39 is 0 Å². The Kier molecular flexibility index (Phi) is 5.57. The van der Waals surface area contributed by atoms with Crippen LogP contribution < -0.4 is 0 Å². The van der Waals surface area contributed by atoms with Crippen LogP contribution in [0.1, 0.15) is 120 Å². The van der Waals surface area contributed by atoms with Crippen molar-refractivity contribution in [3.63, 3.8) is 0 Å². The standard InChI is InChI=1S/C32H52O2/c1-20-13-17-30(7)26(34-22(3)33)19-32(9)23(27(30)21(20)2)11-12-25-29(6)16-10-15-28(4,5)24(29)14-18-31(25,32)8/h13,21,23-27H,10-12,14-19H2,1-9H3/t21-,23+,24-,25+,26-,27+,29-,30+,31+,32+/m0/s1. The number of hydrogen-bond donors (Lipinski definition) is 0. The van der Waals surface area contributed by atoms with Crippen LogP contribution >= 0.6 is 0 Å². The fourth-order valence-electron chi connectivity index (χ4n) is 11.7. The molecule has 2 nitrogen and oxygen atoms in total. The van der Waals surface area contributed by atoms with Gasteiger partial charge in [-0.15, -0.1) is 0 Å². The van der Waals surface area contributed by atoms with Crippen molar-refractivity contribution in [2.75, 3.05) is 0 Å². The van der Waals surface area contributed by atoms with E-state index in [1.807, 2.05) is 0 Å². The highest BCUT2D eigenvalue weighted by atomic mass is 16.5. The van der Waals surface area contributed by atoms with Crippen LogP contribution in [-0.2, 0) is 9.53 Å². The van der Waals surface area contributed by atoms with Crippen molar-refractivity contribution in [2.24, 2.45) is 56.7 Å². The summed E-state index contributed by atoms with van der Waals surface area (Å²) in [5, 5.41) is 0. The molecule has 0 aromatic carbocycles. The Bertz CT molecular complexity index is 885. The number of carbonyl (C=O) groups excluding carboxylic acids is 1. The molecule has 0 radical (unpaired) electrons. The fraction of sp³-hybridized carbons (Fsp3) is 0.906. The number of hydrogen-bond acceptors (Lipinski definition) is 2. The van der Waals surface area contributed by atoms with E-state index in [1.165, 1.54) is 44.9 Å². The Morgan fingerprint density at radius 2 is 1.62 bits per heavy atom. The van der Waals surface area contributed by atoms with E-state index in [0.717, 1.165) is 30.6 Å². The SMILES string of the molecule is CC(=O)O[C@H]1C[C@]2(C)[C@H](CC[C@@H]3[C@@]4(C)CCCC(C)(C)[C@@H]4CC[C@]32C)[C@H]2[C@@H](C)C(C)=CC[C@@]21C. The Morgan fingerprint density at radius 1 is 0.912 bits per heavy atom. The molecule has 0 amide bonds. The first kappa shape index (κ1) is 24.9. The molecule has 0 saturated heterocycles. The van der Waals surface area contributed by atoms with Gasteiger partial charge in [-0.25, -0.2) is 0 Å². The van der Waals surface area contributed by atoms with Gasteiger partial charge in [0.15, 0.2) is 0 Å². The van der Waals surface area contributed by atoms with Crippen LogP contribution in [0.2, 0.25) is 0 Å². The second-order valence-electron chi connectivity index (χ2n) is 15.3. The quantitative estimate of drug-likeness (QED) is 0.284. The maximum atomic E-state index is 12.4. The number of esters is 1. The first-order valence-electron chi connectivity index (χ1n) is 14.5. The van der Waals surface area contributed by atoms with Crippen molar-refractivity contribution < 1.29 is 9.53 Å². The summed E-state index contributed by atoms with van der Waals surface area (Å²) in [7, 11) is 0. The third-order valence-corrected chi connectivity index (χ3v) is 13.7. The monoisotopic (exact) mass is 468 g/mol. The minimum Gasteiger partial charge on any atom is -0.462 e. The van der Waals surface area contributed by atoms with Crippen molar-refractivity contribution in [1.29, 1.82) is 0 Å². The highest BCUT2D eigenvalue weighted by Crippen LogP contribution is 2.76. The average Bonchev–Trinajstić information content (AvgIpc) is 2.71. The molecule has 34 heavy (non-hydrogen) atoms. The van der Waals surface area contributed by atoms with Crippen LogP contribution in [-0.4, -0.2) is 12.1 Å². The second kappa shape index (κ2) is 7.61. The maximum absolute atomic E-state index is 12.4. The van der Waals surface area contributed by atoms with Gasteiger partial charge in [0.25, 0.3) is 0 Å².